The molecule has 2 aromatic rings. The van der Waals surface area contributed by atoms with Gasteiger partial charge in [0, 0.05) is 48.8 Å². The molecule has 1 aliphatic heterocycles. The third-order valence-electron chi connectivity index (χ3n) is 4.68. The second kappa shape index (κ2) is 8.21. The summed E-state index contributed by atoms with van der Waals surface area (Å²) in [7, 11) is 1.89. The van der Waals surface area contributed by atoms with E-state index in [-0.39, 0.29) is 5.91 Å². The lowest BCUT2D eigenvalue weighted by atomic mass is 10.2. The van der Waals surface area contributed by atoms with Crippen molar-refractivity contribution < 1.29 is 4.79 Å². The molecule has 0 spiro atoms. The number of hydrogen-bond donors (Lipinski definition) is 0. The number of aryl methyl sites for hydroxylation is 1. The number of benzene rings is 1. The fraction of sp³-hybridized carbons (Fsp3) is 0.421. The van der Waals surface area contributed by atoms with Crippen molar-refractivity contribution in [1.29, 1.82) is 0 Å². The monoisotopic (exact) mass is 377 g/mol. The largest absolute Gasteiger partial charge is 0.369 e. The highest BCUT2D eigenvalue weighted by atomic mass is 35.5. The van der Waals surface area contributed by atoms with Crippen molar-refractivity contribution in [2.24, 2.45) is 0 Å². The normalized spacial score (nSPS) is 15.4. The molecule has 134 valence electrons. The second-order valence-electron chi connectivity index (χ2n) is 6.52. The molecule has 2 heterocycles. The summed E-state index contributed by atoms with van der Waals surface area (Å²) in [4.78, 5) is 20.2. The van der Waals surface area contributed by atoms with Crippen molar-refractivity contribution in [2.45, 2.75) is 13.5 Å². The molecule has 25 heavy (non-hydrogen) atoms. The maximum absolute atomic E-state index is 12.5. The molecule has 6 heteroatoms. The lowest BCUT2D eigenvalue weighted by molar-refractivity contribution is -0.131. The minimum absolute atomic E-state index is 0.184. The van der Waals surface area contributed by atoms with Gasteiger partial charge in [0.15, 0.2) is 0 Å². The molecule has 1 amide bonds. The first kappa shape index (κ1) is 18.2. The van der Waals surface area contributed by atoms with Crippen LogP contribution in [0.15, 0.2) is 35.7 Å². The minimum atomic E-state index is 0.184. The number of piperazine rings is 1. The molecule has 0 aliphatic carbocycles. The van der Waals surface area contributed by atoms with Gasteiger partial charge in [0.1, 0.15) is 0 Å². The molecule has 0 atom stereocenters. The first-order chi connectivity index (χ1) is 12.0. The number of rotatable bonds is 5. The highest BCUT2D eigenvalue weighted by Gasteiger charge is 2.21. The number of likely N-dealkylation sites (N-methyl/N-ethyl adjacent to an activating group) is 1. The lowest BCUT2D eigenvalue weighted by Gasteiger charge is -2.36. The highest BCUT2D eigenvalue weighted by molar-refractivity contribution is 7.10. The molecule has 1 fully saturated rings. The zero-order valence-electron chi connectivity index (χ0n) is 14.7. The van der Waals surface area contributed by atoms with E-state index in [2.05, 4.69) is 34.2 Å². The number of carbonyl (C=O) groups is 1. The van der Waals surface area contributed by atoms with Crippen LogP contribution in [0, 0.1) is 6.92 Å². The van der Waals surface area contributed by atoms with Crippen LogP contribution in [0.2, 0.25) is 5.02 Å². The van der Waals surface area contributed by atoms with Crippen molar-refractivity contribution in [3.8, 4) is 0 Å². The van der Waals surface area contributed by atoms with Gasteiger partial charge in [-0.15, -0.1) is 11.3 Å². The Morgan fingerprint density at radius 2 is 2.00 bits per heavy atom. The van der Waals surface area contributed by atoms with E-state index in [9.17, 15) is 4.79 Å². The van der Waals surface area contributed by atoms with Crippen molar-refractivity contribution in [3.05, 3.63) is 51.2 Å². The predicted molar refractivity (Wildman–Crippen MR) is 106 cm³/mol. The van der Waals surface area contributed by atoms with E-state index in [1.165, 1.54) is 10.4 Å². The third kappa shape index (κ3) is 4.75. The smallest absolute Gasteiger partial charge is 0.236 e. The van der Waals surface area contributed by atoms with E-state index in [0.717, 1.165) is 36.9 Å². The summed E-state index contributed by atoms with van der Waals surface area (Å²) in [6, 6.07) is 10.1. The van der Waals surface area contributed by atoms with Crippen molar-refractivity contribution >= 4 is 34.5 Å². The molecular formula is C19H24ClN3OS. The zero-order chi connectivity index (χ0) is 17.8. The molecule has 1 aromatic carbocycles. The van der Waals surface area contributed by atoms with Crippen LogP contribution in [0.4, 0.5) is 5.69 Å². The van der Waals surface area contributed by atoms with Crippen molar-refractivity contribution in [1.82, 2.24) is 9.80 Å². The Hall–Kier alpha value is -1.56. The number of thiophene rings is 1. The van der Waals surface area contributed by atoms with Crippen molar-refractivity contribution in [3.63, 3.8) is 0 Å². The molecule has 4 nitrogen and oxygen atoms in total. The van der Waals surface area contributed by atoms with Crippen LogP contribution in [-0.2, 0) is 11.3 Å². The van der Waals surface area contributed by atoms with Gasteiger partial charge in [0.05, 0.1) is 13.1 Å². The number of anilines is 1. The molecule has 0 N–H and O–H groups in total. The molecule has 1 aliphatic rings. The summed E-state index contributed by atoms with van der Waals surface area (Å²) in [5, 5.41) is 2.85. The fourth-order valence-electron chi connectivity index (χ4n) is 3.02. The Kier molecular flexibility index (Phi) is 5.99. The topological polar surface area (TPSA) is 26.8 Å². The van der Waals surface area contributed by atoms with Crippen LogP contribution in [0.25, 0.3) is 0 Å². The van der Waals surface area contributed by atoms with Gasteiger partial charge >= 0.3 is 0 Å². The first-order valence-corrected chi connectivity index (χ1v) is 9.78. The highest BCUT2D eigenvalue weighted by Crippen LogP contribution is 2.21. The van der Waals surface area contributed by atoms with E-state index in [1.807, 2.05) is 30.1 Å². The second-order valence-corrected chi connectivity index (χ2v) is 7.96. The Balaban J connectivity index is 1.48. The average molecular weight is 378 g/mol. The van der Waals surface area contributed by atoms with E-state index < -0.39 is 0 Å². The summed E-state index contributed by atoms with van der Waals surface area (Å²) in [6.45, 7) is 6.91. The zero-order valence-corrected chi connectivity index (χ0v) is 16.3. The summed E-state index contributed by atoms with van der Waals surface area (Å²) in [5.41, 5.74) is 2.42. The SMILES string of the molecule is Cc1ccsc1CN(C)C(=O)CN1CCN(c2cccc(Cl)c2)CC1. The molecular weight excluding hydrogens is 354 g/mol. The number of carbonyl (C=O) groups excluding carboxylic acids is 1. The van der Waals surface area contributed by atoms with Gasteiger partial charge in [-0.2, -0.15) is 0 Å². The third-order valence-corrected chi connectivity index (χ3v) is 5.92. The van der Waals surface area contributed by atoms with Gasteiger partial charge in [-0.25, -0.2) is 0 Å². The number of amides is 1. The number of hydrogen-bond acceptors (Lipinski definition) is 4. The quantitative estimate of drug-likeness (QED) is 0.798. The van der Waals surface area contributed by atoms with Crippen LogP contribution in [0.1, 0.15) is 10.4 Å². The van der Waals surface area contributed by atoms with E-state index >= 15 is 0 Å². The van der Waals surface area contributed by atoms with Gasteiger partial charge in [-0.1, -0.05) is 17.7 Å². The maximum Gasteiger partial charge on any atom is 0.236 e. The maximum atomic E-state index is 12.5. The van der Waals surface area contributed by atoms with Crippen LogP contribution >= 0.6 is 22.9 Å². The summed E-state index contributed by atoms with van der Waals surface area (Å²) >= 11 is 7.79. The van der Waals surface area contributed by atoms with E-state index in [1.54, 1.807) is 11.3 Å². The van der Waals surface area contributed by atoms with Crippen LogP contribution < -0.4 is 4.90 Å². The summed E-state index contributed by atoms with van der Waals surface area (Å²) < 4.78 is 0. The van der Waals surface area contributed by atoms with Crippen LogP contribution in [-0.4, -0.2) is 55.5 Å². The first-order valence-electron chi connectivity index (χ1n) is 8.53. The Labute approximate surface area is 158 Å². The number of halogens is 1. The Bertz CT molecular complexity index is 725. The average Bonchev–Trinajstić information content (AvgIpc) is 3.00. The van der Waals surface area contributed by atoms with Crippen LogP contribution in [0.3, 0.4) is 0 Å². The van der Waals surface area contributed by atoms with Gasteiger partial charge in [-0.05, 0) is 42.1 Å². The number of nitrogens with zero attached hydrogens (tertiary/aromatic N) is 3. The van der Waals surface area contributed by atoms with Gasteiger partial charge in [-0.3, -0.25) is 9.69 Å². The predicted octanol–water partition coefficient (Wildman–Crippen LogP) is 3.49. The molecule has 0 saturated carbocycles. The standard InChI is InChI=1S/C19H24ClN3OS/c1-15-6-11-25-18(15)13-21(2)19(24)14-22-7-9-23(10-8-22)17-5-3-4-16(20)12-17/h3-6,11-12H,7-10,13-14H2,1-2H3. The van der Waals surface area contributed by atoms with Crippen molar-refractivity contribution in [2.75, 3.05) is 44.7 Å². The molecule has 1 aromatic heterocycles. The molecule has 3 rings (SSSR count). The molecule has 0 unspecified atom stereocenters. The van der Waals surface area contributed by atoms with Gasteiger partial charge in [0.25, 0.3) is 0 Å². The lowest BCUT2D eigenvalue weighted by Crippen LogP contribution is -2.49. The molecule has 0 radical (unpaired) electrons. The van der Waals surface area contributed by atoms with E-state index in [4.69, 9.17) is 11.6 Å². The Morgan fingerprint density at radius 3 is 2.64 bits per heavy atom. The summed E-state index contributed by atoms with van der Waals surface area (Å²) in [6.07, 6.45) is 0. The van der Waals surface area contributed by atoms with E-state index in [0.29, 0.717) is 13.1 Å². The summed E-state index contributed by atoms with van der Waals surface area (Å²) in [5.74, 6) is 0.184. The Morgan fingerprint density at radius 1 is 1.24 bits per heavy atom. The minimum Gasteiger partial charge on any atom is -0.369 e. The van der Waals surface area contributed by atoms with Crippen LogP contribution in [0.5, 0.6) is 0 Å². The van der Waals surface area contributed by atoms with Gasteiger partial charge in [0.2, 0.25) is 5.91 Å². The molecule has 1 saturated heterocycles. The van der Waals surface area contributed by atoms with Gasteiger partial charge < -0.3 is 9.80 Å². The molecule has 0 bridgehead atoms. The fourth-order valence-corrected chi connectivity index (χ4v) is 4.16.